The van der Waals surface area contributed by atoms with E-state index in [1.165, 1.54) is 0 Å². The normalized spacial score (nSPS) is 21.8. The molecule has 6 nitrogen and oxygen atoms in total. The lowest BCUT2D eigenvalue weighted by Gasteiger charge is -2.41. The van der Waals surface area contributed by atoms with Crippen LogP contribution in [-0.4, -0.2) is 45.9 Å². The van der Waals surface area contributed by atoms with Gasteiger partial charge in [-0.1, -0.05) is 78.8 Å². The Morgan fingerprint density at radius 3 is 2.25 bits per heavy atom. The van der Waals surface area contributed by atoms with Gasteiger partial charge in [-0.15, -0.1) is 0 Å². The molecular formula is C32H52O6Si2. The molecule has 1 heterocycles. The third-order valence-electron chi connectivity index (χ3n) is 8.82. The van der Waals surface area contributed by atoms with Crippen molar-refractivity contribution in [1.29, 1.82) is 0 Å². The smallest absolute Gasteiger partial charge is 0.342 e. The SMILES string of the molecule is C[C@H]1CC=CCc2cccc(O[Si](C)(C)C(C)(C)C)c2C(=O)O[C@@H](CC=CC(=O)O)C[C@H]1O[Si](C)(C)C(C)(C)C. The second kappa shape index (κ2) is 13.2. The van der Waals surface area contributed by atoms with E-state index in [1.54, 1.807) is 6.08 Å². The zero-order valence-corrected chi connectivity index (χ0v) is 28.6. The Kier molecular flexibility index (Phi) is 11.2. The number of carboxylic acids is 1. The average Bonchev–Trinajstić information content (AvgIpc) is 2.78. The van der Waals surface area contributed by atoms with Gasteiger partial charge in [0, 0.05) is 18.9 Å². The van der Waals surface area contributed by atoms with Gasteiger partial charge in [0.1, 0.15) is 17.4 Å². The van der Waals surface area contributed by atoms with Crippen molar-refractivity contribution in [3.63, 3.8) is 0 Å². The molecule has 1 aromatic carbocycles. The maximum Gasteiger partial charge on any atom is 0.342 e. The van der Waals surface area contributed by atoms with Crippen molar-refractivity contribution in [3.05, 3.63) is 53.6 Å². The highest BCUT2D eigenvalue weighted by atomic mass is 28.4. The quantitative estimate of drug-likeness (QED) is 0.149. The number of rotatable bonds is 7. The summed E-state index contributed by atoms with van der Waals surface area (Å²) in [7, 11) is -4.36. The maximum atomic E-state index is 13.9. The molecule has 0 saturated heterocycles. The molecule has 8 heteroatoms. The van der Waals surface area contributed by atoms with E-state index in [2.05, 4.69) is 86.8 Å². The minimum absolute atomic E-state index is 0.0244. The number of benzene rings is 1. The number of cyclic esters (lactones) is 1. The third-order valence-corrected chi connectivity index (χ3v) is 17.7. The summed E-state index contributed by atoms with van der Waals surface area (Å²) in [6.07, 6.45) is 8.50. The first-order valence-corrected chi connectivity index (χ1v) is 20.3. The van der Waals surface area contributed by atoms with Gasteiger partial charge in [0.2, 0.25) is 0 Å². The molecule has 0 amide bonds. The summed E-state index contributed by atoms with van der Waals surface area (Å²) in [6.45, 7) is 24.1. The van der Waals surface area contributed by atoms with Gasteiger partial charge in [0.15, 0.2) is 8.32 Å². The Bertz CT molecular complexity index is 1090. The van der Waals surface area contributed by atoms with Crippen molar-refractivity contribution in [2.45, 2.75) is 123 Å². The summed E-state index contributed by atoms with van der Waals surface area (Å²) in [5.74, 6) is -0.711. The first-order valence-electron chi connectivity index (χ1n) is 14.5. The van der Waals surface area contributed by atoms with Crippen LogP contribution in [0.4, 0.5) is 0 Å². The van der Waals surface area contributed by atoms with E-state index in [-0.39, 0.29) is 22.1 Å². The van der Waals surface area contributed by atoms with Crippen LogP contribution >= 0.6 is 0 Å². The fourth-order valence-electron chi connectivity index (χ4n) is 4.10. The second-order valence-corrected chi connectivity index (χ2v) is 23.7. The number of carbonyl (C=O) groups is 2. The largest absolute Gasteiger partial charge is 0.543 e. The number of esters is 1. The fourth-order valence-corrected chi connectivity index (χ4v) is 6.56. The summed E-state index contributed by atoms with van der Waals surface area (Å²) >= 11 is 0. The summed E-state index contributed by atoms with van der Waals surface area (Å²) in [5.41, 5.74) is 1.32. The molecule has 0 saturated carbocycles. The van der Waals surface area contributed by atoms with Crippen molar-refractivity contribution in [3.8, 4) is 5.75 Å². The highest BCUT2D eigenvalue weighted by Crippen LogP contribution is 2.41. The Morgan fingerprint density at radius 1 is 1.05 bits per heavy atom. The van der Waals surface area contributed by atoms with Crippen LogP contribution in [0.2, 0.25) is 36.3 Å². The molecule has 0 fully saturated rings. The van der Waals surface area contributed by atoms with Crippen molar-refractivity contribution < 1.29 is 28.3 Å². The molecule has 0 spiro atoms. The number of allylic oxidation sites excluding steroid dienone is 2. The molecule has 3 atom stereocenters. The van der Waals surface area contributed by atoms with Crippen LogP contribution in [0.25, 0.3) is 0 Å². The van der Waals surface area contributed by atoms with E-state index >= 15 is 0 Å². The Morgan fingerprint density at radius 2 is 1.68 bits per heavy atom. The van der Waals surface area contributed by atoms with Gasteiger partial charge >= 0.3 is 11.9 Å². The minimum atomic E-state index is -2.24. The first-order chi connectivity index (χ1) is 18.2. The van der Waals surface area contributed by atoms with Crippen molar-refractivity contribution in [2.75, 3.05) is 0 Å². The average molecular weight is 589 g/mol. The number of carbonyl (C=O) groups excluding carboxylic acids is 1. The molecule has 224 valence electrons. The standard InChI is InChI=1S/C32H52O6Si2/c1-23-16-12-13-17-24-18-14-20-26(37-39(8,9)31(2,3)4)29(24)30(35)36-25(19-15-21-28(33)34)22-27(23)38-40(10,11)32(5,6)7/h12-15,18,20-21,23,25,27H,16-17,19,22H2,1-11H3,(H,33,34)/t23-,25-,27+/m0/s1. The second-order valence-electron chi connectivity index (χ2n) is 14.2. The van der Waals surface area contributed by atoms with Crippen LogP contribution < -0.4 is 4.43 Å². The molecule has 40 heavy (non-hydrogen) atoms. The lowest BCUT2D eigenvalue weighted by Crippen LogP contribution is -2.46. The predicted molar refractivity (Wildman–Crippen MR) is 168 cm³/mol. The highest BCUT2D eigenvalue weighted by molar-refractivity contribution is 6.75. The maximum absolute atomic E-state index is 13.9. The zero-order valence-electron chi connectivity index (χ0n) is 26.6. The number of hydrogen-bond donors (Lipinski definition) is 1. The monoisotopic (exact) mass is 588 g/mol. The van der Waals surface area contributed by atoms with Crippen LogP contribution in [0.15, 0.2) is 42.5 Å². The van der Waals surface area contributed by atoms with Crippen LogP contribution in [0.5, 0.6) is 5.75 Å². The Hall–Kier alpha value is -2.17. The molecule has 0 radical (unpaired) electrons. The van der Waals surface area contributed by atoms with Crippen molar-refractivity contribution in [2.24, 2.45) is 5.92 Å². The number of aliphatic carboxylic acids is 1. The molecule has 1 aliphatic rings. The van der Waals surface area contributed by atoms with Crippen molar-refractivity contribution >= 4 is 28.6 Å². The zero-order chi connectivity index (χ0) is 30.5. The summed E-state index contributed by atoms with van der Waals surface area (Å²) in [5, 5.41) is 9.17. The van der Waals surface area contributed by atoms with Gasteiger partial charge in [-0.25, -0.2) is 9.59 Å². The van der Waals surface area contributed by atoms with Crippen LogP contribution in [0.1, 0.15) is 83.7 Å². The van der Waals surface area contributed by atoms with Crippen LogP contribution in [0, 0.1) is 5.92 Å². The summed E-state index contributed by atoms with van der Waals surface area (Å²) in [6, 6.07) is 5.76. The molecule has 0 aliphatic carbocycles. The molecule has 0 aromatic heterocycles. The van der Waals surface area contributed by atoms with Crippen molar-refractivity contribution in [1.82, 2.24) is 0 Å². The van der Waals surface area contributed by atoms with Gasteiger partial charge in [0.25, 0.3) is 8.32 Å². The fraction of sp³-hybridized carbons (Fsp3) is 0.625. The molecule has 1 N–H and O–H groups in total. The van der Waals surface area contributed by atoms with E-state index in [9.17, 15) is 14.7 Å². The van der Waals surface area contributed by atoms with E-state index in [0.29, 0.717) is 30.6 Å². The summed E-state index contributed by atoms with van der Waals surface area (Å²) < 4.78 is 19.8. The van der Waals surface area contributed by atoms with Gasteiger partial charge in [-0.2, -0.15) is 0 Å². The van der Waals surface area contributed by atoms with E-state index in [1.807, 2.05) is 18.2 Å². The molecule has 2 rings (SSSR count). The van der Waals surface area contributed by atoms with Gasteiger partial charge < -0.3 is 18.7 Å². The van der Waals surface area contributed by atoms with Crippen LogP contribution in [-0.2, 0) is 20.4 Å². The molecular weight excluding hydrogens is 537 g/mol. The van der Waals surface area contributed by atoms with E-state index in [0.717, 1.165) is 18.1 Å². The lowest BCUT2D eigenvalue weighted by atomic mass is 9.93. The number of fused-ring (bicyclic) bond motifs is 1. The molecule has 0 bridgehead atoms. The van der Waals surface area contributed by atoms with Gasteiger partial charge in [-0.3, -0.25) is 0 Å². The topological polar surface area (TPSA) is 82.1 Å². The summed E-state index contributed by atoms with van der Waals surface area (Å²) in [4.78, 5) is 25.1. The Labute approximate surface area is 244 Å². The molecule has 0 unspecified atom stereocenters. The number of hydrogen-bond acceptors (Lipinski definition) is 5. The van der Waals surface area contributed by atoms with Gasteiger partial charge in [-0.05, 0) is 66.7 Å². The number of carboxylic acid groups (broad SMARTS) is 1. The number of ether oxygens (including phenoxy) is 1. The molecule has 1 aliphatic heterocycles. The van der Waals surface area contributed by atoms with Crippen LogP contribution in [0.3, 0.4) is 0 Å². The third kappa shape index (κ3) is 9.18. The lowest BCUT2D eigenvalue weighted by molar-refractivity contribution is -0.131. The van der Waals surface area contributed by atoms with E-state index in [4.69, 9.17) is 13.6 Å². The van der Waals surface area contributed by atoms with Gasteiger partial charge in [0.05, 0.1) is 6.10 Å². The Balaban J connectivity index is 2.56. The molecule has 1 aromatic rings. The van der Waals surface area contributed by atoms with E-state index < -0.39 is 34.7 Å². The predicted octanol–water partition coefficient (Wildman–Crippen LogP) is 8.55. The highest BCUT2D eigenvalue weighted by Gasteiger charge is 2.42. The minimum Gasteiger partial charge on any atom is -0.543 e. The first kappa shape index (κ1) is 34.0.